The van der Waals surface area contributed by atoms with Gasteiger partial charge in [0.25, 0.3) is 5.91 Å². The first kappa shape index (κ1) is 15.5. The topological polar surface area (TPSA) is 29.1 Å². The summed E-state index contributed by atoms with van der Waals surface area (Å²) in [5.74, 6) is -1.58. The fraction of sp³-hybridized carbons (Fsp3) is 0.0714. The number of nitrogens with one attached hydrogen (secondary N) is 1. The molecule has 21 heavy (non-hydrogen) atoms. The molecule has 0 bridgehead atoms. The molecular formula is C14H8BrF4NO. The van der Waals surface area contributed by atoms with E-state index in [1.54, 1.807) is 0 Å². The van der Waals surface area contributed by atoms with Gasteiger partial charge in [0.05, 0.1) is 16.8 Å². The van der Waals surface area contributed by atoms with Crippen LogP contribution < -0.4 is 5.32 Å². The maximum absolute atomic E-state index is 13.1. The number of halogens is 5. The summed E-state index contributed by atoms with van der Waals surface area (Å²) in [6.45, 7) is 0. The maximum Gasteiger partial charge on any atom is 0.417 e. The average molecular weight is 362 g/mol. The van der Waals surface area contributed by atoms with E-state index in [-0.39, 0.29) is 5.69 Å². The fourth-order valence-corrected chi connectivity index (χ4v) is 2.06. The molecule has 2 aromatic carbocycles. The van der Waals surface area contributed by atoms with Crippen molar-refractivity contribution in [2.24, 2.45) is 0 Å². The molecule has 7 heteroatoms. The summed E-state index contributed by atoms with van der Waals surface area (Å²) in [5, 5.41) is 2.25. The Kier molecular flexibility index (Phi) is 4.32. The van der Waals surface area contributed by atoms with Crippen LogP contribution in [0.1, 0.15) is 15.9 Å². The highest BCUT2D eigenvalue weighted by Gasteiger charge is 2.34. The highest BCUT2D eigenvalue weighted by atomic mass is 79.9. The molecule has 0 saturated carbocycles. The number of carbonyl (C=O) groups excluding carboxylic acids is 1. The molecule has 0 heterocycles. The second kappa shape index (κ2) is 5.85. The molecule has 0 atom stereocenters. The Labute approximate surface area is 125 Å². The number of carbonyl (C=O) groups is 1. The van der Waals surface area contributed by atoms with Crippen LogP contribution in [-0.4, -0.2) is 5.91 Å². The quantitative estimate of drug-likeness (QED) is 0.760. The molecule has 2 rings (SSSR count). The van der Waals surface area contributed by atoms with E-state index in [4.69, 9.17) is 0 Å². The second-order valence-electron chi connectivity index (χ2n) is 4.12. The molecule has 110 valence electrons. The van der Waals surface area contributed by atoms with E-state index in [1.807, 2.05) is 0 Å². The smallest absolute Gasteiger partial charge is 0.321 e. The Hall–Kier alpha value is -1.89. The molecule has 2 nitrogen and oxygen atoms in total. The van der Waals surface area contributed by atoms with E-state index in [1.165, 1.54) is 18.2 Å². The van der Waals surface area contributed by atoms with Gasteiger partial charge in [-0.25, -0.2) is 4.39 Å². The lowest BCUT2D eigenvalue weighted by atomic mass is 10.1. The van der Waals surface area contributed by atoms with Gasteiger partial charge in [0.1, 0.15) is 5.82 Å². The number of hydrogen-bond acceptors (Lipinski definition) is 1. The summed E-state index contributed by atoms with van der Waals surface area (Å²) in [4.78, 5) is 12.0. The Morgan fingerprint density at radius 1 is 1.10 bits per heavy atom. The molecule has 1 N–H and O–H groups in total. The molecular weight excluding hydrogens is 354 g/mol. The van der Waals surface area contributed by atoms with Crippen molar-refractivity contribution < 1.29 is 22.4 Å². The third-order valence-corrected chi connectivity index (χ3v) is 3.35. The number of benzene rings is 2. The van der Waals surface area contributed by atoms with Crippen LogP contribution in [0.15, 0.2) is 46.9 Å². The third kappa shape index (κ3) is 3.60. The van der Waals surface area contributed by atoms with Crippen molar-refractivity contribution >= 4 is 27.5 Å². The summed E-state index contributed by atoms with van der Waals surface area (Å²) >= 11 is 3.09. The Bertz CT molecular complexity index is 685. The predicted octanol–water partition coefficient (Wildman–Crippen LogP) is 4.86. The van der Waals surface area contributed by atoms with E-state index >= 15 is 0 Å². The van der Waals surface area contributed by atoms with Gasteiger partial charge in [-0.1, -0.05) is 12.1 Å². The molecule has 0 saturated heterocycles. The van der Waals surface area contributed by atoms with Crippen LogP contribution in [0.25, 0.3) is 0 Å². The van der Waals surface area contributed by atoms with Gasteiger partial charge in [-0.15, -0.1) is 0 Å². The van der Waals surface area contributed by atoms with Gasteiger partial charge in [-0.05, 0) is 46.3 Å². The van der Waals surface area contributed by atoms with Crippen LogP contribution in [-0.2, 0) is 6.18 Å². The van der Waals surface area contributed by atoms with Crippen LogP contribution in [0.4, 0.5) is 23.2 Å². The number of amides is 1. The molecule has 0 unspecified atom stereocenters. The first-order valence-corrected chi connectivity index (χ1v) is 6.51. The standard InChI is InChI=1S/C14H8BrF4NO/c15-11-6-5-8(16)7-12(11)20-13(21)9-3-1-2-4-10(9)14(17,18)19/h1-7H,(H,20,21). The molecule has 0 aromatic heterocycles. The molecule has 0 aliphatic carbocycles. The highest BCUT2D eigenvalue weighted by molar-refractivity contribution is 9.10. The molecule has 1 amide bonds. The minimum Gasteiger partial charge on any atom is -0.321 e. The predicted molar refractivity (Wildman–Crippen MR) is 73.5 cm³/mol. The molecule has 2 aromatic rings. The molecule has 0 radical (unpaired) electrons. The molecule has 0 fully saturated rings. The highest BCUT2D eigenvalue weighted by Crippen LogP contribution is 2.32. The van der Waals surface area contributed by atoms with Gasteiger partial charge in [0, 0.05) is 4.47 Å². The van der Waals surface area contributed by atoms with Crippen LogP contribution in [0.5, 0.6) is 0 Å². The van der Waals surface area contributed by atoms with Crippen molar-refractivity contribution in [2.45, 2.75) is 6.18 Å². The average Bonchev–Trinajstić information content (AvgIpc) is 2.42. The maximum atomic E-state index is 13.1. The second-order valence-corrected chi connectivity index (χ2v) is 4.98. The van der Waals surface area contributed by atoms with Gasteiger partial charge in [0.15, 0.2) is 0 Å². The van der Waals surface area contributed by atoms with Crippen LogP contribution in [0.2, 0.25) is 0 Å². The first-order chi connectivity index (χ1) is 9.79. The zero-order valence-electron chi connectivity index (χ0n) is 10.3. The number of alkyl halides is 3. The summed E-state index contributed by atoms with van der Waals surface area (Å²) in [6.07, 6.45) is -4.65. The summed E-state index contributed by atoms with van der Waals surface area (Å²) < 4.78 is 52.0. The van der Waals surface area contributed by atoms with Gasteiger partial charge >= 0.3 is 6.18 Å². The molecule has 0 spiro atoms. The Morgan fingerprint density at radius 3 is 2.43 bits per heavy atom. The van der Waals surface area contributed by atoms with Crippen molar-refractivity contribution in [1.82, 2.24) is 0 Å². The zero-order valence-corrected chi connectivity index (χ0v) is 11.9. The SMILES string of the molecule is O=C(Nc1cc(F)ccc1Br)c1ccccc1C(F)(F)F. The largest absolute Gasteiger partial charge is 0.417 e. The van der Waals surface area contributed by atoms with E-state index in [0.717, 1.165) is 24.3 Å². The summed E-state index contributed by atoms with van der Waals surface area (Å²) in [6, 6.07) is 7.91. The van der Waals surface area contributed by atoms with Gasteiger partial charge in [0.2, 0.25) is 0 Å². The van der Waals surface area contributed by atoms with Crippen molar-refractivity contribution in [3.63, 3.8) is 0 Å². The van der Waals surface area contributed by atoms with E-state index < -0.39 is 29.0 Å². The third-order valence-electron chi connectivity index (χ3n) is 2.65. The monoisotopic (exact) mass is 361 g/mol. The normalized spacial score (nSPS) is 11.3. The van der Waals surface area contributed by atoms with E-state index in [9.17, 15) is 22.4 Å². The first-order valence-electron chi connectivity index (χ1n) is 5.71. The Morgan fingerprint density at radius 2 is 1.76 bits per heavy atom. The number of hydrogen-bond donors (Lipinski definition) is 1. The number of anilines is 1. The van der Waals surface area contributed by atoms with Gasteiger partial charge in [-0.3, -0.25) is 4.79 Å². The van der Waals surface area contributed by atoms with Crippen molar-refractivity contribution in [3.05, 3.63) is 63.9 Å². The lowest BCUT2D eigenvalue weighted by molar-refractivity contribution is -0.137. The van der Waals surface area contributed by atoms with Gasteiger partial charge in [-0.2, -0.15) is 13.2 Å². The number of rotatable bonds is 2. The minimum absolute atomic E-state index is 0.0528. The van der Waals surface area contributed by atoms with Crippen LogP contribution >= 0.6 is 15.9 Å². The van der Waals surface area contributed by atoms with E-state index in [0.29, 0.717) is 4.47 Å². The summed E-state index contributed by atoms with van der Waals surface area (Å²) in [7, 11) is 0. The van der Waals surface area contributed by atoms with Crippen molar-refractivity contribution in [3.8, 4) is 0 Å². The minimum atomic E-state index is -4.65. The Balaban J connectivity index is 2.36. The van der Waals surface area contributed by atoms with Gasteiger partial charge < -0.3 is 5.32 Å². The van der Waals surface area contributed by atoms with Crippen LogP contribution in [0, 0.1) is 5.82 Å². The lowest BCUT2D eigenvalue weighted by Gasteiger charge is -2.13. The zero-order chi connectivity index (χ0) is 15.6. The van der Waals surface area contributed by atoms with Crippen LogP contribution in [0.3, 0.4) is 0 Å². The fourth-order valence-electron chi connectivity index (χ4n) is 1.71. The molecule has 0 aliphatic rings. The molecule has 0 aliphatic heterocycles. The van der Waals surface area contributed by atoms with Crippen molar-refractivity contribution in [2.75, 3.05) is 5.32 Å². The van der Waals surface area contributed by atoms with E-state index in [2.05, 4.69) is 21.2 Å². The summed E-state index contributed by atoms with van der Waals surface area (Å²) in [5.41, 5.74) is -1.52. The van der Waals surface area contributed by atoms with Crippen molar-refractivity contribution in [1.29, 1.82) is 0 Å². The lowest BCUT2D eigenvalue weighted by Crippen LogP contribution is -2.18.